The minimum absolute atomic E-state index is 0.216. The molecule has 2 amide bonds. The number of fused-ring (bicyclic) bond motifs is 1. The van der Waals surface area contributed by atoms with Crippen LogP contribution in [-0.2, 0) is 24.8 Å². The van der Waals surface area contributed by atoms with Crippen LogP contribution in [0.4, 0.5) is 10.7 Å². The number of hydrogen-bond acceptors (Lipinski definition) is 8. The molecule has 5 rings (SSSR count). The van der Waals surface area contributed by atoms with Crippen molar-refractivity contribution in [3.8, 4) is 11.8 Å². The van der Waals surface area contributed by atoms with Crippen molar-refractivity contribution in [2.75, 3.05) is 32.2 Å². The maximum Gasteiger partial charge on any atom is 0.318 e. The molecular formula is C26H30N8O3. The minimum Gasteiger partial charge on any atom is -0.495 e. The zero-order valence-corrected chi connectivity index (χ0v) is 21.0. The summed E-state index contributed by atoms with van der Waals surface area (Å²) < 4.78 is 12.4. The van der Waals surface area contributed by atoms with Gasteiger partial charge in [0, 0.05) is 50.8 Å². The van der Waals surface area contributed by atoms with Crippen LogP contribution >= 0.6 is 0 Å². The van der Waals surface area contributed by atoms with Gasteiger partial charge in [-0.2, -0.15) is 10.4 Å². The first kappa shape index (κ1) is 24.5. The van der Waals surface area contributed by atoms with E-state index in [-0.39, 0.29) is 12.1 Å². The fraction of sp³-hybridized carbons (Fsp3) is 0.423. The first-order valence-corrected chi connectivity index (χ1v) is 12.3. The zero-order chi connectivity index (χ0) is 25.8. The highest BCUT2D eigenvalue weighted by atomic mass is 16.5. The molecule has 11 heteroatoms. The molecule has 1 fully saturated rings. The highest BCUT2D eigenvalue weighted by Gasteiger charge is 2.27. The van der Waals surface area contributed by atoms with Crippen molar-refractivity contribution in [1.29, 1.82) is 5.26 Å². The molecule has 37 heavy (non-hydrogen) atoms. The van der Waals surface area contributed by atoms with E-state index < -0.39 is 6.04 Å². The number of nitrogens with zero attached hydrogens (tertiary/aromatic N) is 6. The third-order valence-corrected chi connectivity index (χ3v) is 6.79. The van der Waals surface area contributed by atoms with Crippen molar-refractivity contribution in [2.45, 2.75) is 37.9 Å². The summed E-state index contributed by atoms with van der Waals surface area (Å²) in [5, 5.41) is 20.4. The van der Waals surface area contributed by atoms with Crippen LogP contribution in [0.1, 0.15) is 46.8 Å². The van der Waals surface area contributed by atoms with Gasteiger partial charge in [-0.15, -0.1) is 0 Å². The number of methoxy groups -OCH3 is 1. The Hall–Kier alpha value is -4.17. The molecule has 2 aliphatic rings. The van der Waals surface area contributed by atoms with Crippen LogP contribution in [0, 0.1) is 11.3 Å². The topological polar surface area (TPSA) is 130 Å². The van der Waals surface area contributed by atoms with E-state index >= 15 is 0 Å². The number of amides is 2. The number of anilines is 1. The van der Waals surface area contributed by atoms with E-state index in [1.807, 2.05) is 25.5 Å². The lowest BCUT2D eigenvalue weighted by Gasteiger charge is -2.30. The number of rotatable bonds is 6. The number of carbonyl (C=O) groups excluding carboxylic acids is 1. The zero-order valence-electron chi connectivity index (χ0n) is 21.0. The third kappa shape index (κ3) is 5.49. The monoisotopic (exact) mass is 502 g/mol. The summed E-state index contributed by atoms with van der Waals surface area (Å²) in [5.41, 5.74) is 3.88. The molecule has 2 aromatic heterocycles. The number of aromatic nitrogens is 4. The minimum atomic E-state index is -0.489. The summed E-state index contributed by atoms with van der Waals surface area (Å²) in [5.74, 6) is 1.07. The summed E-state index contributed by atoms with van der Waals surface area (Å²) in [6.07, 6.45) is 7.95. The van der Waals surface area contributed by atoms with E-state index in [0.717, 1.165) is 48.4 Å². The van der Waals surface area contributed by atoms with Gasteiger partial charge < -0.3 is 25.0 Å². The molecule has 0 unspecified atom stereocenters. The number of benzene rings is 1. The second-order valence-electron chi connectivity index (χ2n) is 9.27. The SMILES string of the molecule is COc1ccc([C@H](NC(=O)N2CCc3cnc(NC4CCOCC4)nc3C2)c2cnn(C)c2)cc1C#N. The molecule has 1 atom stereocenters. The van der Waals surface area contributed by atoms with Crippen molar-refractivity contribution in [3.63, 3.8) is 0 Å². The van der Waals surface area contributed by atoms with Gasteiger partial charge in [-0.25, -0.2) is 14.8 Å². The molecule has 1 aromatic carbocycles. The second-order valence-corrected chi connectivity index (χ2v) is 9.27. The highest BCUT2D eigenvalue weighted by molar-refractivity contribution is 5.75. The Morgan fingerprint density at radius 3 is 2.84 bits per heavy atom. The van der Waals surface area contributed by atoms with E-state index in [0.29, 0.717) is 36.8 Å². The number of urea groups is 1. The van der Waals surface area contributed by atoms with Gasteiger partial charge in [0.1, 0.15) is 11.8 Å². The second kappa shape index (κ2) is 10.8. The molecule has 0 saturated carbocycles. The normalized spacial score (nSPS) is 16.4. The van der Waals surface area contributed by atoms with Gasteiger partial charge >= 0.3 is 6.03 Å². The molecule has 2 N–H and O–H groups in total. The van der Waals surface area contributed by atoms with Crippen LogP contribution in [0.25, 0.3) is 0 Å². The quantitative estimate of drug-likeness (QED) is 0.526. The molecular weight excluding hydrogens is 472 g/mol. The van der Waals surface area contributed by atoms with Crippen LogP contribution in [0.3, 0.4) is 0 Å². The molecule has 1 saturated heterocycles. The van der Waals surface area contributed by atoms with Crippen LogP contribution < -0.4 is 15.4 Å². The molecule has 0 aliphatic carbocycles. The molecule has 192 valence electrons. The first-order valence-electron chi connectivity index (χ1n) is 12.3. The smallest absolute Gasteiger partial charge is 0.318 e. The maximum absolute atomic E-state index is 13.5. The molecule has 2 aliphatic heterocycles. The molecule has 0 bridgehead atoms. The van der Waals surface area contributed by atoms with Crippen molar-refractivity contribution in [1.82, 2.24) is 30.0 Å². The third-order valence-electron chi connectivity index (χ3n) is 6.79. The van der Waals surface area contributed by atoms with Gasteiger partial charge in [-0.05, 0) is 42.5 Å². The predicted octanol–water partition coefficient (Wildman–Crippen LogP) is 2.54. The average Bonchev–Trinajstić information content (AvgIpc) is 3.37. The Morgan fingerprint density at radius 1 is 1.27 bits per heavy atom. The van der Waals surface area contributed by atoms with E-state index in [1.165, 1.54) is 7.11 Å². The van der Waals surface area contributed by atoms with E-state index in [1.54, 1.807) is 27.9 Å². The van der Waals surface area contributed by atoms with Crippen LogP contribution in [-0.4, -0.2) is 63.6 Å². The van der Waals surface area contributed by atoms with Crippen LogP contribution in [0.15, 0.2) is 36.8 Å². The Balaban J connectivity index is 1.34. The number of aryl methyl sites for hydroxylation is 1. The highest BCUT2D eigenvalue weighted by Crippen LogP contribution is 2.28. The Labute approximate surface area is 215 Å². The predicted molar refractivity (Wildman–Crippen MR) is 135 cm³/mol. The summed E-state index contributed by atoms with van der Waals surface area (Å²) in [4.78, 5) is 24.5. The van der Waals surface area contributed by atoms with Crippen LogP contribution in [0.5, 0.6) is 5.75 Å². The number of hydrogen-bond donors (Lipinski definition) is 2. The van der Waals surface area contributed by atoms with Crippen LogP contribution in [0.2, 0.25) is 0 Å². The summed E-state index contributed by atoms with van der Waals surface area (Å²) in [7, 11) is 3.35. The molecule has 11 nitrogen and oxygen atoms in total. The first-order chi connectivity index (χ1) is 18.0. The number of nitrogens with one attached hydrogen (secondary N) is 2. The van der Waals surface area contributed by atoms with Crippen molar-refractivity contribution in [2.24, 2.45) is 7.05 Å². The van der Waals surface area contributed by atoms with Gasteiger partial charge in [0.25, 0.3) is 0 Å². The lowest BCUT2D eigenvalue weighted by Crippen LogP contribution is -2.44. The molecule has 0 radical (unpaired) electrons. The van der Waals surface area contributed by atoms with E-state index in [2.05, 4.69) is 26.8 Å². The van der Waals surface area contributed by atoms with Crippen molar-refractivity contribution in [3.05, 3.63) is 64.7 Å². The Kier molecular flexibility index (Phi) is 7.18. The fourth-order valence-corrected chi connectivity index (χ4v) is 4.73. The Morgan fingerprint density at radius 2 is 2.11 bits per heavy atom. The van der Waals surface area contributed by atoms with Gasteiger partial charge in [0.05, 0.1) is 37.2 Å². The lowest BCUT2D eigenvalue weighted by molar-refractivity contribution is 0.0903. The Bertz CT molecular complexity index is 1310. The van der Waals surface area contributed by atoms with Gasteiger partial charge in [0.2, 0.25) is 5.95 Å². The summed E-state index contributed by atoms with van der Waals surface area (Å²) in [6, 6.07) is 7.08. The molecule has 0 spiro atoms. The number of carbonyl (C=O) groups is 1. The average molecular weight is 503 g/mol. The number of nitriles is 1. The van der Waals surface area contributed by atoms with Gasteiger partial charge in [0.15, 0.2) is 0 Å². The van der Waals surface area contributed by atoms with Gasteiger partial charge in [-0.1, -0.05) is 6.07 Å². The molecule has 4 heterocycles. The van der Waals surface area contributed by atoms with Crippen molar-refractivity contribution >= 4 is 12.0 Å². The largest absolute Gasteiger partial charge is 0.495 e. The van der Waals surface area contributed by atoms with E-state index in [9.17, 15) is 10.1 Å². The van der Waals surface area contributed by atoms with E-state index in [4.69, 9.17) is 14.5 Å². The standard InChI is InChI=1S/C26H30N8O3/c1-33-15-20(14-29-33)24(17-3-4-23(36-2)19(11-17)12-27)32-26(35)34-8-5-18-13-28-25(31-22(18)16-34)30-21-6-9-37-10-7-21/h3-4,11,13-15,21,24H,5-10,16H2,1-2H3,(H,32,35)(H,28,30,31)/t24-/m0/s1. The summed E-state index contributed by atoms with van der Waals surface area (Å²) >= 11 is 0. The fourth-order valence-electron chi connectivity index (χ4n) is 4.73. The molecule has 3 aromatic rings. The lowest BCUT2D eigenvalue weighted by atomic mass is 9.99. The number of ether oxygens (including phenoxy) is 2. The summed E-state index contributed by atoms with van der Waals surface area (Å²) in [6.45, 7) is 2.41. The maximum atomic E-state index is 13.5. The van der Waals surface area contributed by atoms with Crippen molar-refractivity contribution < 1.29 is 14.3 Å². The van der Waals surface area contributed by atoms with Gasteiger partial charge in [-0.3, -0.25) is 4.68 Å².